The standard InChI is InChI=1S/C25H27N5O3/c1-25(2,29-22(31)17-33-18-9-4-3-5-10-18)24(32)30-16-8-12-21(30)19-13-15-27-23(28-19)20-11-6-7-14-26-20/h3-7,9-11,13-15,21H,8,12,16-17H2,1-2H3,(H,29,31)/t21-/m0/s1. The van der Waals surface area contributed by atoms with Crippen LogP contribution in [0.2, 0.25) is 0 Å². The molecule has 3 heterocycles. The molecule has 0 unspecified atom stereocenters. The van der Waals surface area contributed by atoms with E-state index in [1.54, 1.807) is 43.3 Å². The normalized spacial score (nSPS) is 15.8. The van der Waals surface area contributed by atoms with Crippen molar-refractivity contribution >= 4 is 11.8 Å². The van der Waals surface area contributed by atoms with E-state index in [4.69, 9.17) is 4.74 Å². The first-order valence-electron chi connectivity index (χ1n) is 11.0. The summed E-state index contributed by atoms with van der Waals surface area (Å²) in [6.45, 7) is 3.87. The number of carbonyl (C=O) groups excluding carboxylic acids is 2. The third kappa shape index (κ3) is 5.34. The third-order valence-corrected chi connectivity index (χ3v) is 5.53. The summed E-state index contributed by atoms with van der Waals surface area (Å²) in [7, 11) is 0. The molecule has 0 aliphatic carbocycles. The van der Waals surface area contributed by atoms with E-state index >= 15 is 0 Å². The molecule has 0 saturated carbocycles. The van der Waals surface area contributed by atoms with Crippen LogP contribution < -0.4 is 10.1 Å². The first-order chi connectivity index (χ1) is 15.9. The van der Waals surface area contributed by atoms with Crippen molar-refractivity contribution in [3.05, 3.63) is 72.7 Å². The predicted molar refractivity (Wildman–Crippen MR) is 123 cm³/mol. The number of aromatic nitrogens is 3. The monoisotopic (exact) mass is 445 g/mol. The van der Waals surface area contributed by atoms with E-state index < -0.39 is 5.54 Å². The molecule has 4 rings (SSSR count). The van der Waals surface area contributed by atoms with Gasteiger partial charge in [0.1, 0.15) is 17.0 Å². The Kier molecular flexibility index (Phi) is 6.63. The lowest BCUT2D eigenvalue weighted by Gasteiger charge is -2.33. The van der Waals surface area contributed by atoms with E-state index in [1.165, 1.54) is 0 Å². The maximum atomic E-state index is 13.4. The van der Waals surface area contributed by atoms with Crippen LogP contribution in [0.5, 0.6) is 5.75 Å². The number of carbonyl (C=O) groups is 2. The number of rotatable bonds is 7. The van der Waals surface area contributed by atoms with Gasteiger partial charge in [-0.3, -0.25) is 14.6 Å². The molecule has 0 spiro atoms. The number of hydrogen-bond acceptors (Lipinski definition) is 6. The second kappa shape index (κ2) is 9.77. The average molecular weight is 446 g/mol. The minimum absolute atomic E-state index is 0.156. The van der Waals surface area contributed by atoms with Gasteiger partial charge in [0.15, 0.2) is 12.4 Å². The fourth-order valence-corrected chi connectivity index (χ4v) is 3.96. The SMILES string of the molecule is CC(C)(NC(=O)COc1ccccc1)C(=O)N1CCC[C@H]1c1ccnc(-c2ccccn2)n1. The van der Waals surface area contributed by atoms with Crippen molar-refractivity contribution in [1.29, 1.82) is 0 Å². The van der Waals surface area contributed by atoms with Crippen LogP contribution in [-0.4, -0.2) is 50.4 Å². The molecule has 3 aromatic rings. The van der Waals surface area contributed by atoms with Gasteiger partial charge in [-0.25, -0.2) is 9.97 Å². The maximum absolute atomic E-state index is 13.4. The van der Waals surface area contributed by atoms with E-state index in [-0.39, 0.29) is 24.5 Å². The quantitative estimate of drug-likeness (QED) is 0.600. The topological polar surface area (TPSA) is 97.3 Å². The Bertz CT molecular complexity index is 1110. The summed E-state index contributed by atoms with van der Waals surface area (Å²) in [6.07, 6.45) is 5.05. The molecule has 0 bridgehead atoms. The number of likely N-dealkylation sites (tertiary alicyclic amines) is 1. The van der Waals surface area contributed by atoms with Gasteiger partial charge in [0.05, 0.1) is 11.7 Å². The number of para-hydroxylation sites is 1. The molecule has 33 heavy (non-hydrogen) atoms. The molecule has 1 saturated heterocycles. The lowest BCUT2D eigenvalue weighted by atomic mass is 10.0. The molecule has 1 aliphatic heterocycles. The van der Waals surface area contributed by atoms with Crippen LogP contribution in [0.4, 0.5) is 0 Å². The van der Waals surface area contributed by atoms with E-state index in [1.807, 2.05) is 42.5 Å². The van der Waals surface area contributed by atoms with Crippen molar-refractivity contribution in [2.75, 3.05) is 13.2 Å². The molecule has 8 heteroatoms. The van der Waals surface area contributed by atoms with Crippen molar-refractivity contribution < 1.29 is 14.3 Å². The van der Waals surface area contributed by atoms with Crippen molar-refractivity contribution in [2.24, 2.45) is 0 Å². The summed E-state index contributed by atoms with van der Waals surface area (Å²) in [5.74, 6) is 0.616. The average Bonchev–Trinajstić information content (AvgIpc) is 3.33. The molecule has 2 amide bonds. The Morgan fingerprint density at radius 2 is 1.85 bits per heavy atom. The summed E-state index contributed by atoms with van der Waals surface area (Å²) in [5.41, 5.74) is 0.364. The van der Waals surface area contributed by atoms with Crippen molar-refractivity contribution in [2.45, 2.75) is 38.3 Å². The summed E-state index contributed by atoms with van der Waals surface area (Å²) in [5, 5.41) is 2.81. The fourth-order valence-electron chi connectivity index (χ4n) is 3.96. The smallest absolute Gasteiger partial charge is 0.258 e. The van der Waals surface area contributed by atoms with Crippen LogP contribution in [0, 0.1) is 0 Å². The zero-order chi connectivity index (χ0) is 23.3. The van der Waals surface area contributed by atoms with Crippen molar-refractivity contribution in [3.8, 4) is 17.3 Å². The van der Waals surface area contributed by atoms with E-state index in [2.05, 4.69) is 20.3 Å². The molecule has 2 aromatic heterocycles. The minimum atomic E-state index is -1.09. The van der Waals surface area contributed by atoms with Gasteiger partial charge in [-0.1, -0.05) is 24.3 Å². The van der Waals surface area contributed by atoms with Gasteiger partial charge in [-0.05, 0) is 57.0 Å². The second-order valence-electron chi connectivity index (χ2n) is 8.45. The largest absolute Gasteiger partial charge is 0.484 e. The number of nitrogens with zero attached hydrogens (tertiary/aromatic N) is 4. The number of hydrogen-bond donors (Lipinski definition) is 1. The zero-order valence-electron chi connectivity index (χ0n) is 18.8. The van der Waals surface area contributed by atoms with Crippen molar-refractivity contribution in [1.82, 2.24) is 25.2 Å². The molecule has 1 atom stereocenters. The van der Waals surface area contributed by atoms with Gasteiger partial charge in [0.25, 0.3) is 5.91 Å². The highest BCUT2D eigenvalue weighted by molar-refractivity contribution is 5.91. The van der Waals surface area contributed by atoms with Gasteiger partial charge in [-0.15, -0.1) is 0 Å². The molecule has 8 nitrogen and oxygen atoms in total. The van der Waals surface area contributed by atoms with Crippen LogP contribution in [0.1, 0.15) is 38.4 Å². The molecule has 1 aromatic carbocycles. The molecule has 0 radical (unpaired) electrons. The van der Waals surface area contributed by atoms with E-state index in [0.717, 1.165) is 18.5 Å². The van der Waals surface area contributed by atoms with Gasteiger partial charge in [0, 0.05) is 18.9 Å². The van der Waals surface area contributed by atoms with Gasteiger partial charge >= 0.3 is 0 Å². The summed E-state index contributed by atoms with van der Waals surface area (Å²) >= 11 is 0. The summed E-state index contributed by atoms with van der Waals surface area (Å²) in [4.78, 5) is 41.0. The van der Waals surface area contributed by atoms with Crippen LogP contribution in [0.25, 0.3) is 11.5 Å². The molecule has 1 aliphatic rings. The number of ether oxygens (including phenoxy) is 1. The van der Waals surface area contributed by atoms with Gasteiger partial charge in [0.2, 0.25) is 5.91 Å². The number of amides is 2. The van der Waals surface area contributed by atoms with Crippen LogP contribution in [-0.2, 0) is 9.59 Å². The minimum Gasteiger partial charge on any atom is -0.484 e. The molecular weight excluding hydrogens is 418 g/mol. The van der Waals surface area contributed by atoms with Crippen molar-refractivity contribution in [3.63, 3.8) is 0 Å². The molecule has 1 fully saturated rings. The number of pyridine rings is 1. The highest BCUT2D eigenvalue weighted by atomic mass is 16.5. The lowest BCUT2D eigenvalue weighted by molar-refractivity contribution is -0.141. The molecular formula is C25H27N5O3. The third-order valence-electron chi connectivity index (χ3n) is 5.53. The Labute approximate surface area is 193 Å². The highest BCUT2D eigenvalue weighted by Gasteiger charge is 2.40. The predicted octanol–water partition coefficient (Wildman–Crippen LogP) is 3.18. The van der Waals surface area contributed by atoms with Crippen LogP contribution >= 0.6 is 0 Å². The Morgan fingerprint density at radius 3 is 2.61 bits per heavy atom. The van der Waals surface area contributed by atoms with E-state index in [9.17, 15) is 9.59 Å². The first kappa shape index (κ1) is 22.4. The second-order valence-corrected chi connectivity index (χ2v) is 8.45. The maximum Gasteiger partial charge on any atom is 0.258 e. The zero-order valence-corrected chi connectivity index (χ0v) is 18.8. The lowest BCUT2D eigenvalue weighted by Crippen LogP contribution is -2.56. The number of nitrogens with one attached hydrogen (secondary N) is 1. The van der Waals surface area contributed by atoms with Crippen LogP contribution in [0.3, 0.4) is 0 Å². The molecule has 1 N–H and O–H groups in total. The molecule has 170 valence electrons. The number of benzene rings is 1. The van der Waals surface area contributed by atoms with Crippen LogP contribution in [0.15, 0.2) is 67.0 Å². The Hall–Kier alpha value is -3.81. The summed E-state index contributed by atoms with van der Waals surface area (Å²) < 4.78 is 5.50. The summed E-state index contributed by atoms with van der Waals surface area (Å²) in [6, 6.07) is 16.3. The van der Waals surface area contributed by atoms with Gasteiger partial charge in [-0.2, -0.15) is 0 Å². The Morgan fingerprint density at radius 1 is 1.06 bits per heavy atom. The van der Waals surface area contributed by atoms with E-state index in [0.29, 0.717) is 23.8 Å². The fraction of sp³-hybridized carbons (Fsp3) is 0.320. The van der Waals surface area contributed by atoms with Gasteiger partial charge < -0.3 is 15.0 Å². The highest BCUT2D eigenvalue weighted by Crippen LogP contribution is 2.33. The Balaban J connectivity index is 1.44. The first-order valence-corrected chi connectivity index (χ1v) is 11.0.